The SMILES string of the molecule is C[C@@H]1O[C@@H](OCCNC(=O)CCCCN[C@@H](CCC(=O)NCCO[C@H]2O[C@H](CO[C@H]3O[C@H](CO)[C@@H](O)[C@H](O)[C@@H]3O)[C@@H](O)[C@H](O[C@H]3O[C@H](CO)[C@@H](O)[C@H](O)[C@@H]3O)[C@@H]2O)C(=O)O)[C@@H](O)[C@H](O)[C@@H]1O. The van der Waals surface area contributed by atoms with Crippen molar-refractivity contribution < 1.29 is 124 Å². The molecule has 28 nitrogen and oxygen atoms in total. The molecule has 4 rings (SSSR count). The molecule has 0 aromatic rings. The van der Waals surface area contributed by atoms with Crippen LogP contribution < -0.4 is 16.0 Å². The van der Waals surface area contributed by atoms with E-state index in [1.54, 1.807) is 0 Å². The predicted octanol–water partition coefficient (Wildman–Crippen LogP) is -9.48. The number of hydrogen-bond donors (Lipinski definition) is 17. The molecule has 4 fully saturated rings. The van der Waals surface area contributed by atoms with E-state index in [0.29, 0.717) is 12.8 Å². The van der Waals surface area contributed by atoms with Gasteiger partial charge >= 0.3 is 5.97 Å². The molecule has 17 N–H and O–H groups in total. The monoisotopic (exact) mass is 965 g/mol. The molecule has 0 radical (unpaired) electrons. The van der Waals surface area contributed by atoms with E-state index in [2.05, 4.69) is 16.0 Å². The lowest BCUT2D eigenvalue weighted by molar-refractivity contribution is -0.366. The third-order valence-electron chi connectivity index (χ3n) is 11.5. The fraction of sp³-hybridized carbons (Fsp3) is 0.921. The highest BCUT2D eigenvalue weighted by atomic mass is 16.8. The summed E-state index contributed by atoms with van der Waals surface area (Å²) in [7, 11) is 0. The zero-order valence-electron chi connectivity index (χ0n) is 36.1. The molecule has 0 bridgehead atoms. The van der Waals surface area contributed by atoms with Gasteiger partial charge in [-0.25, -0.2) is 0 Å². The van der Waals surface area contributed by atoms with Crippen LogP contribution in [0.15, 0.2) is 0 Å². The molecule has 384 valence electrons. The summed E-state index contributed by atoms with van der Waals surface area (Å²) in [4.78, 5) is 36.7. The first-order valence-electron chi connectivity index (χ1n) is 21.6. The number of aliphatic hydroxyl groups is 13. The van der Waals surface area contributed by atoms with E-state index in [1.807, 2.05) is 0 Å². The van der Waals surface area contributed by atoms with Gasteiger partial charge in [0.1, 0.15) is 97.6 Å². The highest BCUT2D eigenvalue weighted by Crippen LogP contribution is 2.31. The van der Waals surface area contributed by atoms with Crippen LogP contribution in [-0.2, 0) is 52.3 Å². The molecule has 2 amide bonds. The minimum Gasteiger partial charge on any atom is -0.480 e. The van der Waals surface area contributed by atoms with Crippen molar-refractivity contribution in [2.45, 2.75) is 168 Å². The maximum atomic E-state index is 12.6. The van der Waals surface area contributed by atoms with Gasteiger partial charge in [0, 0.05) is 25.9 Å². The topological polar surface area (TPSA) is 444 Å². The van der Waals surface area contributed by atoms with Crippen molar-refractivity contribution in [2.24, 2.45) is 0 Å². The lowest BCUT2D eigenvalue weighted by Gasteiger charge is -2.46. The lowest BCUT2D eigenvalue weighted by Crippen LogP contribution is -2.65. The Morgan fingerprint density at radius 1 is 0.530 bits per heavy atom. The summed E-state index contributed by atoms with van der Waals surface area (Å²) in [6, 6.07) is -1.11. The number of amides is 2. The molecule has 4 saturated heterocycles. The number of carbonyl (C=O) groups excluding carboxylic acids is 2. The molecule has 4 heterocycles. The molecule has 0 saturated carbocycles. The minimum absolute atomic E-state index is 0.0444. The quantitative estimate of drug-likeness (QED) is 0.0378. The van der Waals surface area contributed by atoms with Crippen LogP contribution in [0.4, 0.5) is 0 Å². The molecular formula is C38H67N3O25. The Hall–Kier alpha value is -2.47. The van der Waals surface area contributed by atoms with Crippen LogP contribution in [-0.4, -0.2) is 271 Å². The number of carboxylic acid groups (broad SMARTS) is 1. The minimum atomic E-state index is -1.95. The Labute approximate surface area is 377 Å². The van der Waals surface area contributed by atoms with Crippen molar-refractivity contribution in [1.29, 1.82) is 0 Å². The van der Waals surface area contributed by atoms with E-state index in [-0.39, 0.29) is 58.0 Å². The number of aliphatic hydroxyl groups excluding tert-OH is 13. The number of nitrogens with one attached hydrogen (secondary N) is 3. The lowest BCUT2D eigenvalue weighted by atomic mass is 9.96. The molecule has 0 aliphatic carbocycles. The highest BCUT2D eigenvalue weighted by Gasteiger charge is 2.52. The fourth-order valence-corrected chi connectivity index (χ4v) is 7.40. The van der Waals surface area contributed by atoms with E-state index < -0.39 is 161 Å². The molecule has 0 aromatic carbocycles. The van der Waals surface area contributed by atoms with Crippen LogP contribution in [0.2, 0.25) is 0 Å². The Morgan fingerprint density at radius 2 is 1.02 bits per heavy atom. The summed E-state index contributed by atoms with van der Waals surface area (Å²) in [5.41, 5.74) is 0. The molecule has 28 heteroatoms. The van der Waals surface area contributed by atoms with Crippen molar-refractivity contribution in [3.63, 3.8) is 0 Å². The van der Waals surface area contributed by atoms with Gasteiger partial charge in [0.05, 0.1) is 39.1 Å². The molecular weight excluding hydrogens is 898 g/mol. The Kier molecular flexibility index (Phi) is 23.0. The number of unbranched alkanes of at least 4 members (excludes halogenated alkanes) is 1. The van der Waals surface area contributed by atoms with Crippen LogP contribution in [0.1, 0.15) is 39.0 Å². The average molecular weight is 966 g/mol. The van der Waals surface area contributed by atoms with E-state index in [0.717, 1.165) is 0 Å². The summed E-state index contributed by atoms with van der Waals surface area (Å²) in [5, 5.41) is 150. The second-order valence-electron chi connectivity index (χ2n) is 16.3. The highest BCUT2D eigenvalue weighted by molar-refractivity contribution is 5.78. The number of carbonyl (C=O) groups is 3. The largest absolute Gasteiger partial charge is 0.480 e. The fourth-order valence-electron chi connectivity index (χ4n) is 7.40. The average Bonchev–Trinajstić information content (AvgIpc) is 3.29. The van der Waals surface area contributed by atoms with Gasteiger partial charge in [0.2, 0.25) is 11.8 Å². The van der Waals surface area contributed by atoms with Gasteiger partial charge in [-0.1, -0.05) is 0 Å². The van der Waals surface area contributed by atoms with Gasteiger partial charge in [-0.05, 0) is 32.7 Å². The third-order valence-corrected chi connectivity index (χ3v) is 11.5. The molecule has 66 heavy (non-hydrogen) atoms. The van der Waals surface area contributed by atoms with E-state index in [1.165, 1.54) is 6.92 Å². The molecule has 0 unspecified atom stereocenters. The van der Waals surface area contributed by atoms with Crippen LogP contribution in [0.25, 0.3) is 0 Å². The van der Waals surface area contributed by atoms with Gasteiger partial charge in [0.15, 0.2) is 25.2 Å². The van der Waals surface area contributed by atoms with Gasteiger partial charge in [-0.2, -0.15) is 0 Å². The van der Waals surface area contributed by atoms with Crippen molar-refractivity contribution in [3.8, 4) is 0 Å². The van der Waals surface area contributed by atoms with Crippen LogP contribution in [0.5, 0.6) is 0 Å². The number of rotatable bonds is 25. The predicted molar refractivity (Wildman–Crippen MR) is 212 cm³/mol. The van der Waals surface area contributed by atoms with Gasteiger partial charge in [-0.3, -0.25) is 14.4 Å². The van der Waals surface area contributed by atoms with Crippen molar-refractivity contribution >= 4 is 17.8 Å². The van der Waals surface area contributed by atoms with Crippen LogP contribution in [0.3, 0.4) is 0 Å². The normalized spacial score (nSPS) is 40.1. The number of carboxylic acids is 1. The first-order chi connectivity index (χ1) is 31.3. The van der Waals surface area contributed by atoms with Crippen molar-refractivity contribution in [2.75, 3.05) is 52.7 Å². The summed E-state index contributed by atoms with van der Waals surface area (Å²) >= 11 is 0. The van der Waals surface area contributed by atoms with Gasteiger partial charge in [-0.15, -0.1) is 0 Å². The van der Waals surface area contributed by atoms with E-state index >= 15 is 0 Å². The van der Waals surface area contributed by atoms with Crippen LogP contribution in [0, 0.1) is 0 Å². The molecule has 0 spiro atoms. The van der Waals surface area contributed by atoms with Gasteiger partial charge < -0.3 is 125 Å². The molecule has 4 aliphatic rings. The molecule has 4 aliphatic heterocycles. The number of aliphatic carboxylic acids is 1. The summed E-state index contributed by atoms with van der Waals surface area (Å²) in [6.07, 6.45) is -31.5. The maximum Gasteiger partial charge on any atom is 0.320 e. The summed E-state index contributed by atoms with van der Waals surface area (Å²) < 4.78 is 43.8. The second-order valence-corrected chi connectivity index (χ2v) is 16.3. The van der Waals surface area contributed by atoms with Crippen LogP contribution >= 0.6 is 0 Å². The Balaban J connectivity index is 1.20. The Morgan fingerprint density at radius 3 is 1.58 bits per heavy atom. The third kappa shape index (κ3) is 15.3. The van der Waals surface area contributed by atoms with Gasteiger partial charge in [0.25, 0.3) is 0 Å². The number of hydrogen-bond acceptors (Lipinski definition) is 25. The standard InChI is InChI=1S/C38H67N3O25/c1-15-22(46)26(50)29(53)35(62-15)59-10-8-40-20(44)4-2-3-7-39-16(34(57)58)5-6-21(45)41-9-11-60-37-32(56)33(66-38-31(55)28(52)24(48)18(13-43)64-38)25(49)19(65-37)14-61-36-30(54)27(51)23(47)17(12-42)63-36/h15-19,22-33,35-39,42-43,46-56H,2-14H2,1H3,(H,40,44)(H,41,45)(H,57,58)/t15-,16-,17+,18+,19+,22+,23+,24+,25+,26+,27-,28-,29-,30-,31-,32-,33-,35+,36-,37-,38+/m0/s1. The summed E-state index contributed by atoms with van der Waals surface area (Å²) in [6.45, 7) is -1.09. The molecule has 0 aromatic heterocycles. The smallest absolute Gasteiger partial charge is 0.320 e. The summed E-state index contributed by atoms with van der Waals surface area (Å²) in [5.74, 6) is -2.11. The first kappa shape index (κ1) is 56.1. The second kappa shape index (κ2) is 27.1. The maximum absolute atomic E-state index is 12.6. The van der Waals surface area contributed by atoms with E-state index in [4.69, 9.17) is 37.9 Å². The van der Waals surface area contributed by atoms with Crippen molar-refractivity contribution in [3.05, 3.63) is 0 Å². The number of ether oxygens (including phenoxy) is 8. The molecule has 21 atom stereocenters. The van der Waals surface area contributed by atoms with E-state index in [9.17, 15) is 85.9 Å². The Bertz CT molecular complexity index is 1470. The van der Waals surface area contributed by atoms with Crippen molar-refractivity contribution in [1.82, 2.24) is 16.0 Å². The zero-order valence-corrected chi connectivity index (χ0v) is 36.1. The zero-order chi connectivity index (χ0) is 48.8. The first-order valence-corrected chi connectivity index (χ1v) is 21.6.